The molecule has 0 bridgehead atoms. The van der Waals surface area contributed by atoms with Crippen LogP contribution in [0.5, 0.6) is 0 Å². The van der Waals surface area contributed by atoms with Gasteiger partial charge in [-0.3, -0.25) is 4.55 Å². The molecule has 0 unspecified atom stereocenters. The molecule has 0 saturated heterocycles. The van der Waals surface area contributed by atoms with Crippen LogP contribution in [-0.4, -0.2) is 222 Å². The molecule has 26 heteroatoms. The Hall–Kier alpha value is -0.573. The minimum atomic E-state index is -4.74. The normalized spacial score (nSPS) is 13.7. The summed E-state index contributed by atoms with van der Waals surface area (Å²) in [6, 6.07) is -0.0575. The van der Waals surface area contributed by atoms with Gasteiger partial charge in [0.15, 0.2) is 0 Å². The monoisotopic (exact) mass is 1090 g/mol. The Kier molecular flexibility index (Phi) is 36.9. The fraction of sp³-hybridized carbons (Fsp3) is 1.00. The molecule has 0 amide bonds. The minimum Gasteiger partial charge on any atom is -0.748 e. The molecule has 0 aliphatic rings. The zero-order valence-electron chi connectivity index (χ0n) is 42.7. The van der Waals surface area contributed by atoms with E-state index < -0.39 is 152 Å². The van der Waals surface area contributed by atoms with Gasteiger partial charge in [-0.2, -0.15) is 8.42 Å². The second kappa shape index (κ2) is 37.2. The summed E-state index contributed by atoms with van der Waals surface area (Å²) in [5, 5.41) is 71.4. The summed E-state index contributed by atoms with van der Waals surface area (Å²) in [4.78, 5) is 0. The van der Waals surface area contributed by atoms with E-state index in [0.29, 0.717) is 17.4 Å². The van der Waals surface area contributed by atoms with Gasteiger partial charge in [-0.25, -0.2) is 16.8 Å². The van der Waals surface area contributed by atoms with Crippen molar-refractivity contribution in [1.29, 1.82) is 0 Å². The first kappa shape index (κ1) is 69.4. The molecule has 0 aromatic carbocycles. The Morgan fingerprint density at radius 2 is 0.729 bits per heavy atom. The first-order valence-electron chi connectivity index (χ1n) is 25.4. The molecule has 0 fully saturated rings. The minimum absolute atomic E-state index is 0.0575. The Morgan fingerprint density at radius 1 is 0.457 bits per heavy atom. The molecule has 0 radical (unpaired) electrons. The van der Waals surface area contributed by atoms with Crippen LogP contribution >= 0.6 is 0 Å². The first-order valence-corrected chi connectivity index (χ1v) is 32.1. The van der Waals surface area contributed by atoms with Crippen molar-refractivity contribution in [3.05, 3.63) is 0 Å². The molecule has 422 valence electrons. The molecule has 0 aromatic heterocycles. The van der Waals surface area contributed by atoms with Gasteiger partial charge in [0.1, 0.15) is 0 Å². The zero-order valence-corrected chi connectivity index (χ0v) is 46.1. The molecular formula is C44H95N4O18S3Si-. The Bertz CT molecular complexity index is 1480. The van der Waals surface area contributed by atoms with Crippen LogP contribution in [0.2, 0.25) is 6.04 Å². The highest BCUT2D eigenvalue weighted by molar-refractivity contribution is 7.86. The first-order chi connectivity index (χ1) is 32.9. The van der Waals surface area contributed by atoms with E-state index >= 15 is 0 Å². The van der Waals surface area contributed by atoms with E-state index in [1.54, 1.807) is 0 Å². The molecule has 0 aromatic rings. The SMILES string of the molecule is CCCCCCCCCCC[N+](C)(CCCCCCCCCCC)CCC[Si](OCC(CO)(CO)NCCS(=O)(=O)[O-])(OCC(CO)(CO)NCCS(=O)(=O)[O-])OCC(CO)(CO)NCCS(=O)(=O)O. The summed E-state index contributed by atoms with van der Waals surface area (Å²) in [5.74, 6) is -2.63. The van der Waals surface area contributed by atoms with Gasteiger partial charge in [0.05, 0.1) is 140 Å². The molecular weight excluding hydrogens is 997 g/mol. The number of nitrogens with one attached hydrogen (secondary N) is 3. The lowest BCUT2D eigenvalue weighted by Crippen LogP contribution is -2.64. The number of hydrogen-bond acceptors (Lipinski definition) is 20. The van der Waals surface area contributed by atoms with Crippen LogP contribution in [0.4, 0.5) is 0 Å². The third kappa shape index (κ3) is 33.4. The second-order valence-electron chi connectivity index (χ2n) is 19.5. The number of rotatable bonds is 51. The van der Waals surface area contributed by atoms with Gasteiger partial charge in [0, 0.05) is 32.1 Å². The lowest BCUT2D eigenvalue weighted by molar-refractivity contribution is -0.910. The fourth-order valence-electron chi connectivity index (χ4n) is 7.95. The molecule has 0 heterocycles. The summed E-state index contributed by atoms with van der Waals surface area (Å²) in [6.45, 7) is -1.96. The van der Waals surface area contributed by atoms with Crippen LogP contribution in [0.1, 0.15) is 136 Å². The van der Waals surface area contributed by atoms with Crippen LogP contribution in [0.15, 0.2) is 0 Å². The van der Waals surface area contributed by atoms with E-state index in [-0.39, 0.29) is 6.04 Å². The summed E-state index contributed by atoms with van der Waals surface area (Å²) in [5.41, 5.74) is -5.45. The van der Waals surface area contributed by atoms with E-state index in [0.717, 1.165) is 64.5 Å². The summed E-state index contributed by atoms with van der Waals surface area (Å²) in [7, 11) is -16.3. The van der Waals surface area contributed by atoms with E-state index in [1.807, 2.05) is 0 Å². The van der Waals surface area contributed by atoms with Crippen LogP contribution < -0.4 is 16.0 Å². The highest BCUT2D eigenvalue weighted by atomic mass is 32.2. The smallest absolute Gasteiger partial charge is 0.501 e. The third-order valence-corrected chi connectivity index (χ3v) is 17.7. The van der Waals surface area contributed by atoms with Crippen LogP contribution in [0, 0.1) is 0 Å². The largest absolute Gasteiger partial charge is 0.748 e. The van der Waals surface area contributed by atoms with E-state index in [9.17, 15) is 69.6 Å². The molecule has 10 N–H and O–H groups in total. The topological polar surface area (TPSA) is 354 Å². The maximum absolute atomic E-state index is 11.6. The fourth-order valence-corrected chi connectivity index (χ4v) is 11.8. The maximum Gasteiger partial charge on any atom is 0.501 e. The lowest BCUT2D eigenvalue weighted by Gasteiger charge is -2.41. The number of nitrogens with zero attached hydrogens (tertiary/aromatic N) is 1. The van der Waals surface area contributed by atoms with Gasteiger partial charge < -0.3 is 73.5 Å². The van der Waals surface area contributed by atoms with Crippen molar-refractivity contribution >= 4 is 39.2 Å². The van der Waals surface area contributed by atoms with Crippen molar-refractivity contribution in [2.24, 2.45) is 0 Å². The van der Waals surface area contributed by atoms with E-state index in [2.05, 4.69) is 36.8 Å². The summed E-state index contributed by atoms with van der Waals surface area (Å²) in [6.07, 6.45) is 21.1. The van der Waals surface area contributed by atoms with E-state index in [4.69, 9.17) is 13.3 Å². The molecule has 0 atom stereocenters. The number of aliphatic hydroxyl groups excluding tert-OH is 6. The van der Waals surface area contributed by atoms with Crippen molar-refractivity contribution in [1.82, 2.24) is 16.0 Å². The maximum atomic E-state index is 11.6. The third-order valence-electron chi connectivity index (χ3n) is 12.9. The Labute approximate surface area is 422 Å². The highest BCUT2D eigenvalue weighted by Crippen LogP contribution is 2.26. The lowest BCUT2D eigenvalue weighted by atomic mass is 10.0. The van der Waals surface area contributed by atoms with Crippen molar-refractivity contribution in [3.63, 3.8) is 0 Å². The molecule has 0 saturated carbocycles. The standard InChI is InChI=1S/C44H96N4O18S3Si/c1-4-6-8-10-12-14-16-18-20-26-48(3,27-21-19-17-15-13-11-9-7-5-2)28-22-32-70(64-39-42(33-49,34-50)45-23-29-67(55,56)57,65-40-43(35-51,36-52)46-24-30-68(58,59)60)66-41-44(37-53,38-54)47-25-31-69(61,62)63/h45-47,49-54H,4-41H2,1-3H3,(H2-,55,56,57,58,59,60,61,62,63)/p-1. The molecule has 0 aliphatic heterocycles. The second-order valence-corrected chi connectivity index (χ2v) is 26.8. The molecule has 22 nitrogen and oxygen atoms in total. The Balaban J connectivity index is 7.15. The van der Waals surface area contributed by atoms with Gasteiger partial charge in [-0.1, -0.05) is 104 Å². The van der Waals surface area contributed by atoms with Crippen LogP contribution in [0.25, 0.3) is 0 Å². The van der Waals surface area contributed by atoms with Crippen molar-refractivity contribution in [2.75, 3.05) is 123 Å². The molecule has 70 heavy (non-hydrogen) atoms. The average molecular weight is 1090 g/mol. The quantitative estimate of drug-likeness (QED) is 0.0174. The molecule has 0 rings (SSSR count). The van der Waals surface area contributed by atoms with Gasteiger partial charge in [-0.15, -0.1) is 0 Å². The zero-order chi connectivity index (χ0) is 53.1. The van der Waals surface area contributed by atoms with Crippen LogP contribution in [0.3, 0.4) is 0 Å². The van der Waals surface area contributed by atoms with Gasteiger partial charge in [0.2, 0.25) is 0 Å². The summed E-state index contributed by atoms with van der Waals surface area (Å²) < 4.78 is 122. The van der Waals surface area contributed by atoms with Crippen molar-refractivity contribution < 1.29 is 87.3 Å². The number of unbranched alkanes of at least 4 members (excludes halogenated alkanes) is 16. The summed E-state index contributed by atoms with van der Waals surface area (Å²) >= 11 is 0. The van der Waals surface area contributed by atoms with E-state index in [1.165, 1.54) is 64.2 Å². The number of aliphatic hydroxyl groups is 6. The molecule has 0 aliphatic carbocycles. The van der Waals surface area contributed by atoms with Gasteiger partial charge in [-0.05, 0) is 25.7 Å². The van der Waals surface area contributed by atoms with Gasteiger partial charge in [0.25, 0.3) is 10.1 Å². The predicted octanol–water partition coefficient (Wildman–Crippen LogP) is 0.791. The number of quaternary nitrogens is 1. The predicted molar refractivity (Wildman–Crippen MR) is 269 cm³/mol. The van der Waals surface area contributed by atoms with Crippen molar-refractivity contribution in [2.45, 2.75) is 159 Å². The highest BCUT2D eigenvalue weighted by Gasteiger charge is 2.48. The average Bonchev–Trinajstić information content (AvgIpc) is 3.30. The molecule has 0 spiro atoms. The Morgan fingerprint density at radius 3 is 1.00 bits per heavy atom. The van der Waals surface area contributed by atoms with Crippen molar-refractivity contribution in [3.8, 4) is 0 Å². The van der Waals surface area contributed by atoms with Crippen LogP contribution in [-0.2, 0) is 43.6 Å². The number of hydrogen-bond donors (Lipinski definition) is 10. The van der Waals surface area contributed by atoms with Gasteiger partial charge >= 0.3 is 8.80 Å².